The third-order valence-electron chi connectivity index (χ3n) is 2.04. The second-order valence-corrected chi connectivity index (χ2v) is 3.71. The summed E-state index contributed by atoms with van der Waals surface area (Å²) in [5.74, 6) is 2.63. The van der Waals surface area contributed by atoms with Crippen molar-refractivity contribution in [3.63, 3.8) is 0 Å². The Morgan fingerprint density at radius 3 is 2.93 bits per heavy atom. The Labute approximate surface area is 96.1 Å². The van der Waals surface area contributed by atoms with Crippen LogP contribution >= 0.6 is 11.6 Å². The number of aromatic nitrogens is 1. The summed E-state index contributed by atoms with van der Waals surface area (Å²) in [5.41, 5.74) is 1.15. The fourth-order valence-corrected chi connectivity index (χ4v) is 1.33. The molecule has 80 valence electrons. The molecular formula is C12H15ClN2. The molecule has 0 radical (unpaired) electrons. The molecule has 0 bridgehead atoms. The number of nitrogens with one attached hydrogen (secondary N) is 1. The van der Waals surface area contributed by atoms with E-state index in [2.05, 4.69) is 16.2 Å². The van der Waals surface area contributed by atoms with Crippen molar-refractivity contribution in [1.29, 1.82) is 0 Å². The minimum Gasteiger partial charge on any atom is -0.313 e. The highest BCUT2D eigenvalue weighted by Crippen LogP contribution is 2.04. The third-order valence-corrected chi connectivity index (χ3v) is 2.27. The number of unbranched alkanes of at least 4 members (excludes halogenated alkanes) is 2. The molecule has 2 nitrogen and oxygen atoms in total. The molecule has 3 heteroatoms. The molecule has 1 rings (SSSR count). The van der Waals surface area contributed by atoms with Crippen molar-refractivity contribution in [2.24, 2.45) is 0 Å². The number of nitrogens with zero attached hydrogens (tertiary/aromatic N) is 1. The van der Waals surface area contributed by atoms with Crippen LogP contribution in [0.15, 0.2) is 18.3 Å². The van der Waals surface area contributed by atoms with Crippen molar-refractivity contribution < 1.29 is 0 Å². The number of hydrogen-bond acceptors (Lipinski definition) is 2. The van der Waals surface area contributed by atoms with E-state index in [1.807, 2.05) is 6.07 Å². The van der Waals surface area contributed by atoms with Crippen LogP contribution in [0.4, 0.5) is 0 Å². The lowest BCUT2D eigenvalue weighted by Crippen LogP contribution is -2.14. The van der Waals surface area contributed by atoms with E-state index < -0.39 is 0 Å². The first-order chi connectivity index (χ1) is 7.33. The van der Waals surface area contributed by atoms with Crippen LogP contribution in [-0.2, 0) is 6.54 Å². The number of terminal acetylenes is 1. The maximum atomic E-state index is 5.68. The van der Waals surface area contributed by atoms with Gasteiger partial charge in [-0.1, -0.05) is 17.7 Å². The topological polar surface area (TPSA) is 24.9 Å². The number of hydrogen-bond donors (Lipinski definition) is 1. The van der Waals surface area contributed by atoms with Crippen molar-refractivity contribution in [3.05, 3.63) is 29.0 Å². The molecule has 0 atom stereocenters. The Morgan fingerprint density at radius 1 is 1.40 bits per heavy atom. The molecule has 1 N–H and O–H groups in total. The van der Waals surface area contributed by atoms with Crippen LogP contribution in [0.25, 0.3) is 0 Å². The van der Waals surface area contributed by atoms with E-state index in [9.17, 15) is 0 Å². The Balaban J connectivity index is 2.10. The molecule has 1 heterocycles. The maximum absolute atomic E-state index is 5.68. The van der Waals surface area contributed by atoms with E-state index in [1.165, 1.54) is 0 Å². The van der Waals surface area contributed by atoms with Crippen molar-refractivity contribution >= 4 is 11.6 Å². The number of rotatable bonds is 6. The van der Waals surface area contributed by atoms with Crippen LogP contribution in [-0.4, -0.2) is 11.5 Å². The van der Waals surface area contributed by atoms with Gasteiger partial charge in [-0.15, -0.1) is 12.3 Å². The molecular weight excluding hydrogens is 208 g/mol. The van der Waals surface area contributed by atoms with Crippen molar-refractivity contribution in [2.45, 2.75) is 25.8 Å². The van der Waals surface area contributed by atoms with Gasteiger partial charge in [-0.05, 0) is 31.0 Å². The van der Waals surface area contributed by atoms with E-state index in [0.29, 0.717) is 5.15 Å². The highest BCUT2D eigenvalue weighted by molar-refractivity contribution is 6.29. The molecule has 0 saturated heterocycles. The molecule has 15 heavy (non-hydrogen) atoms. The summed E-state index contributed by atoms with van der Waals surface area (Å²) in [7, 11) is 0. The van der Waals surface area contributed by atoms with Gasteiger partial charge in [-0.3, -0.25) is 0 Å². The van der Waals surface area contributed by atoms with Gasteiger partial charge in [-0.2, -0.15) is 0 Å². The van der Waals surface area contributed by atoms with Crippen molar-refractivity contribution in [3.8, 4) is 12.3 Å². The van der Waals surface area contributed by atoms with E-state index >= 15 is 0 Å². The van der Waals surface area contributed by atoms with Crippen LogP contribution in [0.3, 0.4) is 0 Å². The summed E-state index contributed by atoms with van der Waals surface area (Å²) in [5, 5.41) is 3.86. The van der Waals surface area contributed by atoms with E-state index in [1.54, 1.807) is 12.3 Å². The summed E-state index contributed by atoms with van der Waals surface area (Å²) in [6, 6.07) is 3.78. The predicted molar refractivity (Wildman–Crippen MR) is 63.6 cm³/mol. The summed E-state index contributed by atoms with van der Waals surface area (Å²) in [6.45, 7) is 1.82. The molecule has 0 saturated carbocycles. The molecule has 1 aromatic heterocycles. The van der Waals surface area contributed by atoms with Gasteiger partial charge in [-0.25, -0.2) is 4.98 Å². The quantitative estimate of drug-likeness (QED) is 0.455. The zero-order valence-corrected chi connectivity index (χ0v) is 9.43. The minimum atomic E-state index is 0.535. The van der Waals surface area contributed by atoms with Gasteiger partial charge in [0.1, 0.15) is 5.15 Å². The second-order valence-electron chi connectivity index (χ2n) is 3.33. The summed E-state index contributed by atoms with van der Waals surface area (Å²) in [4.78, 5) is 4.01. The largest absolute Gasteiger partial charge is 0.313 e. The monoisotopic (exact) mass is 222 g/mol. The van der Waals surface area contributed by atoms with Crippen molar-refractivity contribution in [2.75, 3.05) is 6.54 Å². The van der Waals surface area contributed by atoms with Gasteiger partial charge in [0.05, 0.1) is 0 Å². The van der Waals surface area contributed by atoms with Crippen molar-refractivity contribution in [1.82, 2.24) is 10.3 Å². The summed E-state index contributed by atoms with van der Waals surface area (Å²) in [6.07, 6.45) is 10.0. The molecule has 0 aliphatic carbocycles. The Kier molecular flexibility index (Phi) is 5.84. The molecule has 0 aliphatic rings. The normalized spacial score (nSPS) is 9.87. The van der Waals surface area contributed by atoms with Gasteiger partial charge in [0.2, 0.25) is 0 Å². The lowest BCUT2D eigenvalue weighted by Gasteiger charge is -2.03. The average molecular weight is 223 g/mol. The fourth-order valence-electron chi connectivity index (χ4n) is 1.22. The smallest absolute Gasteiger partial charge is 0.129 e. The molecule has 0 spiro atoms. The lowest BCUT2D eigenvalue weighted by atomic mass is 10.2. The molecule has 1 aromatic rings. The average Bonchev–Trinajstić information content (AvgIpc) is 2.26. The Morgan fingerprint density at radius 2 is 2.27 bits per heavy atom. The van der Waals surface area contributed by atoms with Gasteiger partial charge in [0.25, 0.3) is 0 Å². The fraction of sp³-hybridized carbons (Fsp3) is 0.417. The maximum Gasteiger partial charge on any atom is 0.129 e. The first-order valence-electron chi connectivity index (χ1n) is 5.07. The number of halogens is 1. The van der Waals surface area contributed by atoms with Crippen LogP contribution in [0.1, 0.15) is 24.8 Å². The zero-order valence-electron chi connectivity index (χ0n) is 8.67. The predicted octanol–water partition coefficient (Wildman–Crippen LogP) is 2.63. The van der Waals surface area contributed by atoms with E-state index in [4.69, 9.17) is 18.0 Å². The molecule has 0 unspecified atom stereocenters. The third kappa shape index (κ3) is 5.41. The van der Waals surface area contributed by atoms with Crippen LogP contribution in [0.5, 0.6) is 0 Å². The highest BCUT2D eigenvalue weighted by Gasteiger charge is 1.93. The van der Waals surface area contributed by atoms with Gasteiger partial charge < -0.3 is 5.32 Å². The summed E-state index contributed by atoms with van der Waals surface area (Å²) < 4.78 is 0. The molecule has 0 aromatic carbocycles. The van der Waals surface area contributed by atoms with Crippen LogP contribution < -0.4 is 5.32 Å². The zero-order chi connectivity index (χ0) is 10.9. The lowest BCUT2D eigenvalue weighted by molar-refractivity contribution is 0.629. The highest BCUT2D eigenvalue weighted by atomic mass is 35.5. The van der Waals surface area contributed by atoms with Gasteiger partial charge in [0, 0.05) is 19.2 Å². The van der Waals surface area contributed by atoms with E-state index in [-0.39, 0.29) is 0 Å². The molecule has 0 aliphatic heterocycles. The number of pyridine rings is 1. The van der Waals surface area contributed by atoms with Gasteiger partial charge in [0.15, 0.2) is 0 Å². The van der Waals surface area contributed by atoms with Crippen LogP contribution in [0, 0.1) is 12.3 Å². The molecule has 0 amide bonds. The summed E-state index contributed by atoms with van der Waals surface area (Å²) >= 11 is 5.68. The second kappa shape index (κ2) is 7.28. The molecule has 0 fully saturated rings. The van der Waals surface area contributed by atoms with Gasteiger partial charge >= 0.3 is 0 Å². The minimum absolute atomic E-state index is 0.535. The SMILES string of the molecule is C#CCCCCNCc1ccc(Cl)nc1. The van der Waals surface area contributed by atoms with Crippen LogP contribution in [0.2, 0.25) is 5.15 Å². The first kappa shape index (κ1) is 12.0. The van der Waals surface area contributed by atoms with E-state index in [0.717, 1.165) is 37.9 Å². The standard InChI is InChI=1S/C12H15ClN2/c1-2-3-4-5-8-14-9-11-6-7-12(13)15-10-11/h1,6-7,10,14H,3-5,8-9H2. The Bertz CT molecular complexity index is 313. The Hall–Kier alpha value is -1.04. The first-order valence-corrected chi connectivity index (χ1v) is 5.45.